The van der Waals surface area contributed by atoms with Gasteiger partial charge in [-0.05, 0) is 35.4 Å². The number of halogens is 3. The number of aromatic nitrogens is 3. The topological polar surface area (TPSA) is 86.6 Å². The standard InChI is InChI=1S/C21H14F3N5O/c22-21(23,24)30-18-4-2-1-3-17(18)29-19-6-5-13(10-26-19)7-15-12-28-20-16(15)8-14(9-25)11-27-20/h1-6,8,10-12H,7H2,(H,26,29)(H,27,28). The van der Waals surface area contributed by atoms with Crippen LogP contribution in [0.25, 0.3) is 11.0 Å². The Hall–Kier alpha value is -4.06. The fourth-order valence-corrected chi connectivity index (χ4v) is 3.01. The molecule has 3 aromatic heterocycles. The van der Waals surface area contributed by atoms with Gasteiger partial charge in [0.15, 0.2) is 5.75 Å². The largest absolute Gasteiger partial charge is 0.573 e. The summed E-state index contributed by atoms with van der Waals surface area (Å²) >= 11 is 0. The maximum Gasteiger partial charge on any atom is 0.573 e. The summed E-state index contributed by atoms with van der Waals surface area (Å²) in [5, 5.41) is 12.8. The number of pyridine rings is 2. The molecule has 150 valence electrons. The molecule has 0 unspecified atom stereocenters. The Morgan fingerprint density at radius 3 is 2.67 bits per heavy atom. The second kappa shape index (κ2) is 7.75. The summed E-state index contributed by atoms with van der Waals surface area (Å²) in [5.41, 5.74) is 3.17. The lowest BCUT2D eigenvalue weighted by molar-refractivity contribution is -0.274. The maximum absolute atomic E-state index is 12.6. The number of para-hydroxylation sites is 2. The fraction of sp³-hybridized carbons (Fsp3) is 0.0952. The maximum atomic E-state index is 12.6. The summed E-state index contributed by atoms with van der Waals surface area (Å²) in [5.74, 6) is 0.0415. The quantitative estimate of drug-likeness (QED) is 0.481. The molecule has 0 saturated heterocycles. The molecule has 2 N–H and O–H groups in total. The van der Waals surface area contributed by atoms with Crippen LogP contribution in [-0.4, -0.2) is 21.3 Å². The molecule has 0 amide bonds. The summed E-state index contributed by atoms with van der Waals surface area (Å²) < 4.78 is 41.7. The molecular weight excluding hydrogens is 395 g/mol. The number of fused-ring (bicyclic) bond motifs is 1. The monoisotopic (exact) mass is 409 g/mol. The van der Waals surface area contributed by atoms with Gasteiger partial charge in [0.05, 0.1) is 11.3 Å². The Bertz CT molecular complexity index is 1230. The molecule has 0 atom stereocenters. The summed E-state index contributed by atoms with van der Waals surface area (Å²) in [6, 6.07) is 13.1. The van der Waals surface area contributed by atoms with Crippen LogP contribution in [-0.2, 0) is 6.42 Å². The van der Waals surface area contributed by atoms with Crippen molar-refractivity contribution in [1.29, 1.82) is 5.26 Å². The van der Waals surface area contributed by atoms with E-state index in [9.17, 15) is 13.2 Å². The summed E-state index contributed by atoms with van der Waals surface area (Å²) in [6.07, 6.45) is 0.739. The van der Waals surface area contributed by atoms with E-state index < -0.39 is 6.36 Å². The zero-order valence-corrected chi connectivity index (χ0v) is 15.4. The average Bonchev–Trinajstić information content (AvgIpc) is 3.12. The van der Waals surface area contributed by atoms with Crippen LogP contribution in [0, 0.1) is 11.3 Å². The molecular formula is C21H14F3N5O. The molecule has 9 heteroatoms. The number of hydrogen-bond donors (Lipinski definition) is 2. The number of ether oxygens (including phenoxy) is 1. The first-order valence-electron chi connectivity index (χ1n) is 8.84. The molecule has 0 aliphatic carbocycles. The van der Waals surface area contributed by atoms with Gasteiger partial charge in [-0.3, -0.25) is 0 Å². The predicted molar refractivity (Wildman–Crippen MR) is 104 cm³/mol. The number of nitrogens with one attached hydrogen (secondary N) is 2. The number of H-pyrrole nitrogens is 1. The summed E-state index contributed by atoms with van der Waals surface area (Å²) in [4.78, 5) is 11.6. The minimum absolute atomic E-state index is 0.154. The van der Waals surface area contributed by atoms with Gasteiger partial charge in [0, 0.05) is 30.4 Å². The molecule has 30 heavy (non-hydrogen) atoms. The van der Waals surface area contributed by atoms with Crippen LogP contribution < -0.4 is 10.1 Å². The second-order valence-electron chi connectivity index (χ2n) is 6.44. The summed E-state index contributed by atoms with van der Waals surface area (Å²) in [7, 11) is 0. The Kier molecular flexibility index (Phi) is 4.98. The van der Waals surface area contributed by atoms with Gasteiger partial charge >= 0.3 is 6.36 Å². The van der Waals surface area contributed by atoms with E-state index in [-0.39, 0.29) is 11.4 Å². The van der Waals surface area contributed by atoms with Crippen molar-refractivity contribution >= 4 is 22.5 Å². The smallest absolute Gasteiger partial charge is 0.404 e. The van der Waals surface area contributed by atoms with Crippen molar-refractivity contribution in [2.24, 2.45) is 0 Å². The Labute approximate surface area is 169 Å². The van der Waals surface area contributed by atoms with Crippen LogP contribution in [0.5, 0.6) is 5.75 Å². The molecule has 6 nitrogen and oxygen atoms in total. The zero-order chi connectivity index (χ0) is 21.1. The normalized spacial score (nSPS) is 11.3. The minimum Gasteiger partial charge on any atom is -0.404 e. The lowest BCUT2D eigenvalue weighted by Crippen LogP contribution is -2.17. The van der Waals surface area contributed by atoms with Gasteiger partial charge in [-0.25, -0.2) is 9.97 Å². The Morgan fingerprint density at radius 1 is 1.10 bits per heavy atom. The van der Waals surface area contributed by atoms with Crippen molar-refractivity contribution in [3.05, 3.63) is 77.7 Å². The number of nitrogens with zero attached hydrogens (tertiary/aromatic N) is 3. The van der Waals surface area contributed by atoms with Crippen LogP contribution in [0.3, 0.4) is 0 Å². The van der Waals surface area contributed by atoms with Gasteiger partial charge in [0.25, 0.3) is 0 Å². The average molecular weight is 409 g/mol. The summed E-state index contributed by atoms with van der Waals surface area (Å²) in [6.45, 7) is 0. The first-order valence-corrected chi connectivity index (χ1v) is 8.84. The lowest BCUT2D eigenvalue weighted by atomic mass is 10.1. The van der Waals surface area contributed by atoms with Gasteiger partial charge in [-0.1, -0.05) is 18.2 Å². The SMILES string of the molecule is N#Cc1cnc2[nH]cc(Cc3ccc(Nc4ccccc4OC(F)(F)F)nc3)c2c1. The molecule has 0 spiro atoms. The second-order valence-corrected chi connectivity index (χ2v) is 6.44. The number of aromatic amines is 1. The van der Waals surface area contributed by atoms with Gasteiger partial charge < -0.3 is 15.0 Å². The third kappa shape index (κ3) is 4.33. The number of nitriles is 1. The van der Waals surface area contributed by atoms with Gasteiger partial charge in [-0.15, -0.1) is 13.2 Å². The molecule has 1 aromatic carbocycles. The number of anilines is 2. The van der Waals surface area contributed by atoms with Crippen molar-refractivity contribution in [2.45, 2.75) is 12.8 Å². The van der Waals surface area contributed by atoms with Crippen molar-refractivity contribution in [3.8, 4) is 11.8 Å². The van der Waals surface area contributed by atoms with E-state index in [1.807, 2.05) is 12.3 Å². The van der Waals surface area contributed by atoms with E-state index in [4.69, 9.17) is 5.26 Å². The zero-order valence-electron chi connectivity index (χ0n) is 15.4. The van der Waals surface area contributed by atoms with Crippen LogP contribution in [0.2, 0.25) is 0 Å². The van der Waals surface area contributed by atoms with E-state index in [0.29, 0.717) is 23.4 Å². The van der Waals surface area contributed by atoms with Crippen LogP contribution >= 0.6 is 0 Å². The predicted octanol–water partition coefficient (Wildman–Crippen LogP) is 5.06. The highest BCUT2D eigenvalue weighted by atomic mass is 19.4. The van der Waals surface area contributed by atoms with E-state index >= 15 is 0 Å². The van der Waals surface area contributed by atoms with Gasteiger partial charge in [-0.2, -0.15) is 5.26 Å². The third-order valence-electron chi connectivity index (χ3n) is 4.34. The van der Waals surface area contributed by atoms with E-state index in [0.717, 1.165) is 16.5 Å². The highest BCUT2D eigenvalue weighted by molar-refractivity contribution is 5.81. The molecule has 4 aromatic rings. The number of hydrogen-bond acceptors (Lipinski definition) is 5. The minimum atomic E-state index is -4.78. The Morgan fingerprint density at radius 2 is 1.93 bits per heavy atom. The molecule has 0 radical (unpaired) electrons. The highest BCUT2D eigenvalue weighted by Gasteiger charge is 2.32. The van der Waals surface area contributed by atoms with Gasteiger partial charge in [0.1, 0.15) is 17.5 Å². The van der Waals surface area contributed by atoms with Gasteiger partial charge in [0.2, 0.25) is 0 Å². The first-order chi connectivity index (χ1) is 14.4. The number of benzene rings is 1. The van der Waals surface area contributed by atoms with Crippen molar-refractivity contribution in [3.63, 3.8) is 0 Å². The molecule has 0 saturated carbocycles. The van der Waals surface area contributed by atoms with Crippen LogP contribution in [0.1, 0.15) is 16.7 Å². The third-order valence-corrected chi connectivity index (χ3v) is 4.34. The van der Waals surface area contributed by atoms with E-state index in [1.165, 1.54) is 24.4 Å². The highest BCUT2D eigenvalue weighted by Crippen LogP contribution is 2.31. The van der Waals surface area contributed by atoms with Crippen LogP contribution in [0.15, 0.2) is 61.1 Å². The molecule has 4 rings (SSSR count). The van der Waals surface area contributed by atoms with E-state index in [2.05, 4.69) is 31.1 Å². The molecule has 0 aliphatic rings. The van der Waals surface area contributed by atoms with Crippen molar-refractivity contribution in [1.82, 2.24) is 15.0 Å². The molecule has 0 aliphatic heterocycles. The number of alkyl halides is 3. The fourth-order valence-electron chi connectivity index (χ4n) is 3.01. The molecule has 0 bridgehead atoms. The molecule has 0 fully saturated rings. The number of rotatable bonds is 5. The van der Waals surface area contributed by atoms with E-state index in [1.54, 1.807) is 24.4 Å². The molecule has 3 heterocycles. The van der Waals surface area contributed by atoms with Crippen LogP contribution in [0.4, 0.5) is 24.7 Å². The Balaban J connectivity index is 1.52. The van der Waals surface area contributed by atoms with Crippen molar-refractivity contribution in [2.75, 3.05) is 5.32 Å². The first kappa shape index (κ1) is 19.3. The lowest BCUT2D eigenvalue weighted by Gasteiger charge is -2.14. The van der Waals surface area contributed by atoms with Crippen molar-refractivity contribution < 1.29 is 17.9 Å².